The Hall–Kier alpha value is -3.39. The zero-order chi connectivity index (χ0) is 22.9. The SMILES string of the molecule is O=C(O)CCNC(=O)OCc1cccc(-c2cccc3c2CCCN3C(=O)CCCO)c1. The van der Waals surface area contributed by atoms with Gasteiger partial charge in [-0.3, -0.25) is 9.59 Å². The quantitative estimate of drug-likeness (QED) is 0.552. The maximum Gasteiger partial charge on any atom is 0.407 e. The highest BCUT2D eigenvalue weighted by atomic mass is 16.5. The molecule has 0 aliphatic carbocycles. The molecule has 0 atom stereocenters. The fraction of sp³-hybridized carbons (Fsp3) is 0.375. The summed E-state index contributed by atoms with van der Waals surface area (Å²) in [6, 6.07) is 13.6. The molecule has 32 heavy (non-hydrogen) atoms. The van der Waals surface area contributed by atoms with Crippen molar-refractivity contribution in [3.63, 3.8) is 0 Å². The van der Waals surface area contributed by atoms with Crippen LogP contribution in [0.2, 0.25) is 0 Å². The number of amides is 2. The molecule has 1 aliphatic heterocycles. The molecule has 8 nitrogen and oxygen atoms in total. The second-order valence-electron chi connectivity index (χ2n) is 7.63. The van der Waals surface area contributed by atoms with Crippen LogP contribution in [0.5, 0.6) is 0 Å². The smallest absolute Gasteiger partial charge is 0.407 e. The van der Waals surface area contributed by atoms with E-state index < -0.39 is 12.1 Å². The van der Waals surface area contributed by atoms with Gasteiger partial charge in [0.15, 0.2) is 0 Å². The first-order valence-electron chi connectivity index (χ1n) is 10.7. The number of alkyl carbamates (subject to hydrolysis) is 1. The Labute approximate surface area is 186 Å². The number of carbonyl (C=O) groups is 3. The van der Waals surface area contributed by atoms with E-state index in [1.165, 1.54) is 0 Å². The molecule has 1 heterocycles. The summed E-state index contributed by atoms with van der Waals surface area (Å²) in [5.41, 5.74) is 4.84. The van der Waals surface area contributed by atoms with E-state index in [0.29, 0.717) is 19.4 Å². The molecule has 0 bridgehead atoms. The van der Waals surface area contributed by atoms with Gasteiger partial charge in [0.2, 0.25) is 5.91 Å². The number of aliphatic carboxylic acids is 1. The summed E-state index contributed by atoms with van der Waals surface area (Å²) in [6.45, 7) is 0.746. The number of hydrogen-bond donors (Lipinski definition) is 3. The lowest BCUT2D eigenvalue weighted by Gasteiger charge is -2.31. The molecule has 0 spiro atoms. The number of fused-ring (bicyclic) bond motifs is 1. The van der Waals surface area contributed by atoms with Crippen molar-refractivity contribution in [2.24, 2.45) is 0 Å². The molecule has 2 amide bonds. The van der Waals surface area contributed by atoms with E-state index in [-0.39, 0.29) is 32.1 Å². The van der Waals surface area contributed by atoms with E-state index in [2.05, 4.69) is 5.32 Å². The lowest BCUT2D eigenvalue weighted by molar-refractivity contribution is -0.136. The lowest BCUT2D eigenvalue weighted by Crippen LogP contribution is -2.35. The fourth-order valence-electron chi connectivity index (χ4n) is 3.82. The summed E-state index contributed by atoms with van der Waals surface area (Å²) in [5, 5.41) is 20.1. The van der Waals surface area contributed by atoms with E-state index in [1.807, 2.05) is 47.4 Å². The van der Waals surface area contributed by atoms with Gasteiger partial charge in [0.05, 0.1) is 6.42 Å². The molecular weight excluding hydrogens is 412 g/mol. The number of hydrogen-bond acceptors (Lipinski definition) is 5. The average molecular weight is 440 g/mol. The monoisotopic (exact) mass is 440 g/mol. The Bertz CT molecular complexity index is 975. The third kappa shape index (κ3) is 6.07. The number of benzene rings is 2. The van der Waals surface area contributed by atoms with E-state index in [0.717, 1.165) is 40.8 Å². The van der Waals surface area contributed by atoms with Gasteiger partial charge >= 0.3 is 12.1 Å². The molecule has 3 rings (SSSR count). The number of rotatable bonds is 9. The molecular formula is C24H28N2O6. The molecule has 0 aromatic heterocycles. The summed E-state index contributed by atoms with van der Waals surface area (Å²) in [4.78, 5) is 36.7. The van der Waals surface area contributed by atoms with Crippen molar-refractivity contribution < 1.29 is 29.3 Å². The zero-order valence-electron chi connectivity index (χ0n) is 17.9. The highest BCUT2D eigenvalue weighted by Gasteiger charge is 2.24. The molecule has 0 fully saturated rings. The Balaban J connectivity index is 1.73. The van der Waals surface area contributed by atoms with Crippen molar-refractivity contribution in [3.8, 4) is 11.1 Å². The topological polar surface area (TPSA) is 116 Å². The van der Waals surface area contributed by atoms with Crippen molar-refractivity contribution in [3.05, 3.63) is 53.6 Å². The number of anilines is 1. The number of nitrogens with one attached hydrogen (secondary N) is 1. The van der Waals surface area contributed by atoms with Gasteiger partial charge in [0.1, 0.15) is 6.61 Å². The van der Waals surface area contributed by atoms with E-state index in [1.54, 1.807) is 0 Å². The Morgan fingerprint density at radius 1 is 1.09 bits per heavy atom. The van der Waals surface area contributed by atoms with Crippen LogP contribution in [0, 0.1) is 0 Å². The summed E-state index contributed by atoms with van der Waals surface area (Å²) >= 11 is 0. The van der Waals surface area contributed by atoms with Gasteiger partial charge in [-0.2, -0.15) is 0 Å². The van der Waals surface area contributed by atoms with Crippen LogP contribution in [0.25, 0.3) is 11.1 Å². The first kappa shape index (κ1) is 23.3. The number of aliphatic hydroxyl groups excluding tert-OH is 1. The third-order valence-electron chi connectivity index (χ3n) is 5.32. The van der Waals surface area contributed by atoms with Crippen LogP contribution in [-0.2, 0) is 27.4 Å². The maximum atomic E-state index is 12.6. The normalized spacial score (nSPS) is 12.7. The summed E-state index contributed by atoms with van der Waals surface area (Å²) < 4.78 is 5.18. The number of carbonyl (C=O) groups excluding carboxylic acids is 2. The van der Waals surface area contributed by atoms with Crippen LogP contribution in [0.4, 0.5) is 10.5 Å². The molecule has 0 saturated carbocycles. The Kier molecular flexibility index (Phi) is 8.21. The Morgan fingerprint density at radius 2 is 1.91 bits per heavy atom. The van der Waals surface area contributed by atoms with Crippen molar-refractivity contribution in [2.45, 2.75) is 38.7 Å². The molecule has 170 valence electrons. The lowest BCUT2D eigenvalue weighted by atomic mass is 9.91. The molecule has 0 unspecified atom stereocenters. The predicted molar refractivity (Wildman–Crippen MR) is 119 cm³/mol. The summed E-state index contributed by atoms with van der Waals surface area (Å²) in [5.74, 6) is -0.967. The number of carboxylic acid groups (broad SMARTS) is 1. The molecule has 8 heteroatoms. The number of carboxylic acids is 1. The van der Waals surface area contributed by atoms with Crippen molar-refractivity contribution >= 4 is 23.7 Å². The molecule has 0 radical (unpaired) electrons. The van der Waals surface area contributed by atoms with Gasteiger partial charge in [-0.15, -0.1) is 0 Å². The first-order valence-corrected chi connectivity index (χ1v) is 10.7. The number of ether oxygens (including phenoxy) is 1. The van der Waals surface area contributed by atoms with Crippen molar-refractivity contribution in [1.29, 1.82) is 0 Å². The van der Waals surface area contributed by atoms with Gasteiger partial charge in [0.25, 0.3) is 0 Å². The highest BCUT2D eigenvalue weighted by molar-refractivity contribution is 5.96. The molecule has 3 N–H and O–H groups in total. The van der Waals surface area contributed by atoms with Crippen LogP contribution in [0.1, 0.15) is 36.8 Å². The zero-order valence-corrected chi connectivity index (χ0v) is 17.9. The maximum absolute atomic E-state index is 12.6. The second-order valence-corrected chi connectivity index (χ2v) is 7.63. The minimum atomic E-state index is -0.988. The minimum absolute atomic E-state index is 0.00107. The molecule has 1 aliphatic rings. The molecule has 2 aromatic carbocycles. The van der Waals surface area contributed by atoms with Crippen LogP contribution in [0.15, 0.2) is 42.5 Å². The van der Waals surface area contributed by atoms with Gasteiger partial charge < -0.3 is 25.2 Å². The van der Waals surface area contributed by atoms with Crippen LogP contribution >= 0.6 is 0 Å². The van der Waals surface area contributed by atoms with E-state index in [9.17, 15) is 14.4 Å². The van der Waals surface area contributed by atoms with Gasteiger partial charge in [0, 0.05) is 31.8 Å². The summed E-state index contributed by atoms with van der Waals surface area (Å²) in [6.07, 6.45) is 1.68. The third-order valence-corrected chi connectivity index (χ3v) is 5.32. The number of nitrogens with zero attached hydrogens (tertiary/aromatic N) is 1. The van der Waals surface area contributed by atoms with Crippen LogP contribution in [-0.4, -0.2) is 47.9 Å². The molecule has 2 aromatic rings. The van der Waals surface area contributed by atoms with Gasteiger partial charge in [-0.05, 0) is 53.6 Å². The van der Waals surface area contributed by atoms with Gasteiger partial charge in [-0.1, -0.05) is 30.3 Å². The van der Waals surface area contributed by atoms with Gasteiger partial charge in [-0.25, -0.2) is 4.79 Å². The van der Waals surface area contributed by atoms with Crippen molar-refractivity contribution in [1.82, 2.24) is 5.32 Å². The largest absolute Gasteiger partial charge is 0.481 e. The molecule has 0 saturated heterocycles. The second kappa shape index (κ2) is 11.3. The first-order chi connectivity index (χ1) is 15.5. The van der Waals surface area contributed by atoms with Crippen LogP contribution in [0.3, 0.4) is 0 Å². The van der Waals surface area contributed by atoms with Crippen LogP contribution < -0.4 is 10.2 Å². The van der Waals surface area contributed by atoms with E-state index in [4.69, 9.17) is 14.9 Å². The summed E-state index contributed by atoms with van der Waals surface area (Å²) in [7, 11) is 0. The standard InChI is InChI=1S/C24H28N2O6/c27-14-4-10-22(28)26-13-3-8-20-19(7-2-9-21(20)26)18-6-1-5-17(15-18)16-32-24(31)25-12-11-23(29)30/h1-2,5-7,9,15,27H,3-4,8,10-14,16H2,(H,25,31)(H,29,30). The fourth-order valence-corrected chi connectivity index (χ4v) is 3.82. The predicted octanol–water partition coefficient (Wildman–Crippen LogP) is 3.11. The highest BCUT2D eigenvalue weighted by Crippen LogP contribution is 2.36. The number of aliphatic hydroxyl groups is 1. The van der Waals surface area contributed by atoms with Crippen molar-refractivity contribution in [2.75, 3.05) is 24.6 Å². The van der Waals surface area contributed by atoms with E-state index >= 15 is 0 Å². The minimum Gasteiger partial charge on any atom is -0.481 e. The Morgan fingerprint density at radius 3 is 2.69 bits per heavy atom. The average Bonchev–Trinajstić information content (AvgIpc) is 2.80.